The summed E-state index contributed by atoms with van der Waals surface area (Å²) in [5.41, 5.74) is -0.304. The minimum Gasteiger partial charge on any atom is -0.394 e. The van der Waals surface area contributed by atoms with Crippen molar-refractivity contribution in [2.75, 3.05) is 26.2 Å². The van der Waals surface area contributed by atoms with Crippen LogP contribution >= 0.6 is 0 Å². The molecule has 0 aromatic rings. The third-order valence-electron chi connectivity index (χ3n) is 4.51. The van der Waals surface area contributed by atoms with E-state index in [0.29, 0.717) is 19.1 Å². The molecular weight excluding hydrogens is 269 g/mol. The molecule has 1 atom stereocenters. The van der Waals surface area contributed by atoms with Gasteiger partial charge in [0.25, 0.3) is 0 Å². The molecule has 0 radical (unpaired) electrons. The van der Waals surface area contributed by atoms with Gasteiger partial charge in [-0.25, -0.2) is 0 Å². The Balaban J connectivity index is 1.72. The SMILES string of the molecule is CC(CO)(CCN1CCC(C(F)(F)F)CC1)NC1CC1. The van der Waals surface area contributed by atoms with E-state index >= 15 is 0 Å². The molecule has 118 valence electrons. The summed E-state index contributed by atoms with van der Waals surface area (Å²) in [5.74, 6) is -1.13. The van der Waals surface area contributed by atoms with Crippen molar-refractivity contribution in [3.8, 4) is 0 Å². The molecule has 1 unspecified atom stereocenters. The minimum absolute atomic E-state index is 0.0719. The zero-order valence-electron chi connectivity index (χ0n) is 12.0. The van der Waals surface area contributed by atoms with Crippen LogP contribution in [0.15, 0.2) is 0 Å². The molecule has 0 aromatic carbocycles. The maximum Gasteiger partial charge on any atom is 0.391 e. The largest absolute Gasteiger partial charge is 0.394 e. The summed E-state index contributed by atoms with van der Waals surface area (Å²) in [5, 5.41) is 12.9. The van der Waals surface area contributed by atoms with E-state index in [2.05, 4.69) is 10.2 Å². The number of hydrogen-bond donors (Lipinski definition) is 2. The molecule has 1 saturated heterocycles. The lowest BCUT2D eigenvalue weighted by molar-refractivity contribution is -0.185. The van der Waals surface area contributed by atoms with Crippen molar-refractivity contribution >= 4 is 0 Å². The number of hydrogen-bond acceptors (Lipinski definition) is 3. The molecule has 2 fully saturated rings. The predicted octanol–water partition coefficient (Wildman–Crippen LogP) is 2.15. The molecule has 20 heavy (non-hydrogen) atoms. The summed E-state index contributed by atoms with van der Waals surface area (Å²) in [7, 11) is 0. The Labute approximate surface area is 118 Å². The van der Waals surface area contributed by atoms with E-state index in [0.717, 1.165) is 25.8 Å². The number of nitrogens with one attached hydrogen (secondary N) is 1. The Morgan fingerprint density at radius 2 is 1.75 bits per heavy atom. The maximum atomic E-state index is 12.6. The van der Waals surface area contributed by atoms with Crippen LogP contribution in [0.2, 0.25) is 0 Å². The second-order valence-corrected chi connectivity index (χ2v) is 6.54. The van der Waals surface area contributed by atoms with Crippen molar-refractivity contribution in [2.45, 2.75) is 56.8 Å². The Morgan fingerprint density at radius 1 is 1.15 bits per heavy atom. The van der Waals surface area contributed by atoms with Crippen LogP contribution in [0.1, 0.15) is 39.0 Å². The zero-order valence-corrected chi connectivity index (χ0v) is 12.0. The van der Waals surface area contributed by atoms with E-state index in [1.54, 1.807) is 0 Å². The lowest BCUT2D eigenvalue weighted by Gasteiger charge is -2.36. The van der Waals surface area contributed by atoms with Gasteiger partial charge in [-0.15, -0.1) is 0 Å². The van der Waals surface area contributed by atoms with Crippen LogP contribution < -0.4 is 5.32 Å². The lowest BCUT2D eigenvalue weighted by Crippen LogP contribution is -2.50. The van der Waals surface area contributed by atoms with Crippen LogP contribution in [-0.4, -0.2) is 54.0 Å². The van der Waals surface area contributed by atoms with E-state index in [1.807, 2.05) is 6.92 Å². The summed E-state index contributed by atoms with van der Waals surface area (Å²) < 4.78 is 37.8. The predicted molar refractivity (Wildman–Crippen MR) is 71.5 cm³/mol. The third-order valence-corrected chi connectivity index (χ3v) is 4.51. The number of nitrogens with zero attached hydrogens (tertiary/aromatic N) is 1. The Morgan fingerprint density at radius 3 is 2.20 bits per heavy atom. The highest BCUT2D eigenvalue weighted by atomic mass is 19.4. The summed E-state index contributed by atoms with van der Waals surface area (Å²) in [6.45, 7) is 3.84. The van der Waals surface area contributed by atoms with Crippen LogP contribution in [0.3, 0.4) is 0 Å². The first-order valence-electron chi connectivity index (χ1n) is 7.50. The van der Waals surface area contributed by atoms with Crippen LogP contribution in [0.5, 0.6) is 0 Å². The normalized spacial score (nSPS) is 25.6. The second-order valence-electron chi connectivity index (χ2n) is 6.54. The first-order chi connectivity index (χ1) is 9.32. The highest BCUT2D eigenvalue weighted by molar-refractivity contribution is 4.93. The monoisotopic (exact) mass is 294 g/mol. The second kappa shape index (κ2) is 6.20. The van der Waals surface area contributed by atoms with Gasteiger partial charge in [-0.1, -0.05) is 0 Å². The fraction of sp³-hybridized carbons (Fsp3) is 1.00. The highest BCUT2D eigenvalue weighted by Crippen LogP contribution is 2.34. The van der Waals surface area contributed by atoms with Gasteiger partial charge in [0, 0.05) is 11.6 Å². The van der Waals surface area contributed by atoms with Crippen molar-refractivity contribution in [3.05, 3.63) is 0 Å². The lowest BCUT2D eigenvalue weighted by atomic mass is 9.94. The van der Waals surface area contributed by atoms with E-state index in [4.69, 9.17) is 0 Å². The molecule has 0 amide bonds. The average molecular weight is 294 g/mol. The van der Waals surface area contributed by atoms with Crippen molar-refractivity contribution in [1.82, 2.24) is 10.2 Å². The first kappa shape index (κ1) is 16.0. The summed E-state index contributed by atoms with van der Waals surface area (Å²) in [4.78, 5) is 2.09. The van der Waals surface area contributed by atoms with Crippen LogP contribution in [0, 0.1) is 5.92 Å². The number of halogens is 3. The van der Waals surface area contributed by atoms with Gasteiger partial charge >= 0.3 is 6.18 Å². The van der Waals surface area contributed by atoms with Crippen molar-refractivity contribution < 1.29 is 18.3 Å². The molecule has 2 rings (SSSR count). The molecule has 0 spiro atoms. The van der Waals surface area contributed by atoms with Gasteiger partial charge in [-0.05, 0) is 58.7 Å². The van der Waals surface area contributed by atoms with Gasteiger partial charge in [0.15, 0.2) is 0 Å². The smallest absolute Gasteiger partial charge is 0.391 e. The standard InChI is InChI=1S/C14H25F3N2O/c1-13(10-20,18-12-2-3-12)6-9-19-7-4-11(5-8-19)14(15,16)17/h11-12,18,20H,2-10H2,1H3. The number of piperidine rings is 1. The minimum atomic E-state index is -4.04. The quantitative estimate of drug-likeness (QED) is 0.788. The molecule has 1 aliphatic heterocycles. The molecule has 0 bridgehead atoms. The fourth-order valence-electron chi connectivity index (χ4n) is 2.81. The van der Waals surface area contributed by atoms with Gasteiger partial charge in [0.05, 0.1) is 12.5 Å². The average Bonchev–Trinajstić information content (AvgIpc) is 3.20. The summed E-state index contributed by atoms with van der Waals surface area (Å²) in [6.07, 6.45) is -0.542. The van der Waals surface area contributed by atoms with Gasteiger partial charge < -0.3 is 15.3 Å². The molecular formula is C14H25F3N2O. The molecule has 1 heterocycles. The van der Waals surface area contributed by atoms with Crippen LogP contribution in [0.25, 0.3) is 0 Å². The Hall–Kier alpha value is -0.330. The van der Waals surface area contributed by atoms with Crippen LogP contribution in [0.4, 0.5) is 13.2 Å². The molecule has 2 N–H and O–H groups in total. The molecule has 1 saturated carbocycles. The molecule has 0 aromatic heterocycles. The van der Waals surface area contributed by atoms with Gasteiger partial charge in [0.2, 0.25) is 0 Å². The molecule has 6 heteroatoms. The molecule has 2 aliphatic rings. The Kier molecular flexibility index (Phi) is 4.97. The third kappa shape index (κ3) is 4.60. The summed E-state index contributed by atoms with van der Waals surface area (Å²) >= 11 is 0. The van der Waals surface area contributed by atoms with Gasteiger partial charge in [0.1, 0.15) is 0 Å². The number of likely N-dealkylation sites (tertiary alicyclic amines) is 1. The number of alkyl halides is 3. The van der Waals surface area contributed by atoms with Crippen molar-refractivity contribution in [1.29, 1.82) is 0 Å². The van der Waals surface area contributed by atoms with E-state index in [-0.39, 0.29) is 25.0 Å². The van der Waals surface area contributed by atoms with E-state index < -0.39 is 12.1 Å². The zero-order chi connectivity index (χ0) is 14.8. The first-order valence-corrected chi connectivity index (χ1v) is 7.50. The number of aliphatic hydroxyl groups excluding tert-OH is 1. The number of rotatable bonds is 6. The van der Waals surface area contributed by atoms with Crippen molar-refractivity contribution in [3.63, 3.8) is 0 Å². The Bertz CT molecular complexity index is 312. The topological polar surface area (TPSA) is 35.5 Å². The van der Waals surface area contributed by atoms with E-state index in [1.165, 1.54) is 0 Å². The maximum absolute atomic E-state index is 12.6. The van der Waals surface area contributed by atoms with Crippen molar-refractivity contribution in [2.24, 2.45) is 5.92 Å². The van der Waals surface area contributed by atoms with Crippen LogP contribution in [-0.2, 0) is 0 Å². The molecule has 1 aliphatic carbocycles. The number of aliphatic hydroxyl groups is 1. The summed E-state index contributed by atoms with van der Waals surface area (Å²) in [6, 6.07) is 0.517. The van der Waals surface area contributed by atoms with Gasteiger partial charge in [-0.3, -0.25) is 0 Å². The highest BCUT2D eigenvalue weighted by Gasteiger charge is 2.41. The van der Waals surface area contributed by atoms with Gasteiger partial charge in [-0.2, -0.15) is 13.2 Å². The van der Waals surface area contributed by atoms with E-state index in [9.17, 15) is 18.3 Å². The molecule has 3 nitrogen and oxygen atoms in total. The fourth-order valence-corrected chi connectivity index (χ4v) is 2.81.